The Bertz CT molecular complexity index is 2350. The molecule has 78 heavy (non-hydrogen) atoms. The molecule has 0 spiro atoms. The Morgan fingerprint density at radius 2 is 1.00 bits per heavy atom. The van der Waals surface area contributed by atoms with Crippen molar-refractivity contribution in [2.45, 2.75) is 181 Å². The molecule has 4 aromatic rings. The van der Waals surface area contributed by atoms with Gasteiger partial charge in [0.2, 0.25) is 11.9 Å². The molecule has 0 bridgehead atoms. The molecule has 2 unspecified atom stereocenters. The molecule has 0 saturated heterocycles. The van der Waals surface area contributed by atoms with Gasteiger partial charge < -0.3 is 42.2 Å². The van der Waals surface area contributed by atoms with Gasteiger partial charge in [0.25, 0.3) is 11.8 Å². The van der Waals surface area contributed by atoms with Crippen LogP contribution < -0.4 is 42.2 Å². The Kier molecular flexibility index (Phi) is 28.3. The Labute approximate surface area is 475 Å². The van der Waals surface area contributed by atoms with Gasteiger partial charge in [-0.3, -0.25) is 9.59 Å². The highest BCUT2D eigenvalue weighted by molar-refractivity contribution is 7.98. The van der Waals surface area contributed by atoms with Gasteiger partial charge in [-0.25, -0.2) is 9.97 Å². The topological polar surface area (TPSA) is 240 Å². The largest absolute Gasteiger partial charge is 0.697 e. The number of hydrogen-bond acceptors (Lipinski definition) is 17. The number of aryl methyl sites for hydroxylation is 2. The maximum absolute atomic E-state index is 14.1. The van der Waals surface area contributed by atoms with Gasteiger partial charge >= 0.3 is 8.25 Å². The Morgan fingerprint density at radius 1 is 0.615 bits per heavy atom. The quantitative estimate of drug-likeness (QED) is 0.0229. The zero-order valence-electron chi connectivity index (χ0n) is 48.8. The number of nitrogens with one attached hydrogen (secondary N) is 4. The predicted molar refractivity (Wildman–Crippen MR) is 324 cm³/mol. The maximum atomic E-state index is 14.1. The lowest BCUT2D eigenvalue weighted by molar-refractivity contribution is 0.0870. The fourth-order valence-electron chi connectivity index (χ4n) is 9.76. The number of aromatic nitrogens is 4. The number of unbranched alkanes of at least 4 members (excludes halogenated alkanes) is 2. The molecule has 8 N–H and O–H groups in total. The minimum Gasteiger partial charge on any atom is -0.496 e. The van der Waals surface area contributed by atoms with Crippen LogP contribution in [-0.4, -0.2) is 106 Å². The second-order valence-electron chi connectivity index (χ2n) is 20.2. The Hall–Kier alpha value is -4.94. The van der Waals surface area contributed by atoms with Crippen molar-refractivity contribution < 1.29 is 32.7 Å². The molecule has 2 amide bonds. The van der Waals surface area contributed by atoms with Crippen molar-refractivity contribution in [1.82, 2.24) is 30.6 Å². The fraction of sp³-hybridized carbons (Fsp3) is 0.621. The van der Waals surface area contributed by atoms with E-state index in [9.17, 15) is 14.2 Å². The summed E-state index contributed by atoms with van der Waals surface area (Å²) in [6.45, 7) is 16.5. The summed E-state index contributed by atoms with van der Waals surface area (Å²) in [5, 5.41) is 14.0. The average molecular weight is 1140 g/mol. The van der Waals surface area contributed by atoms with Crippen LogP contribution >= 0.6 is 31.8 Å². The number of methoxy groups -OCH3 is 2. The third-order valence-corrected chi connectivity index (χ3v) is 17.2. The second-order valence-corrected chi connectivity index (χ2v) is 23.1. The van der Waals surface area contributed by atoms with Crippen molar-refractivity contribution in [2.75, 3.05) is 73.6 Å². The van der Waals surface area contributed by atoms with E-state index in [2.05, 4.69) is 67.6 Å². The first-order valence-corrected chi connectivity index (χ1v) is 31.9. The molecule has 0 fully saturated rings. The minimum absolute atomic E-state index is 0.0909. The van der Waals surface area contributed by atoms with Gasteiger partial charge in [-0.05, 0) is 150 Å². The molecule has 0 aliphatic heterocycles. The lowest BCUT2D eigenvalue weighted by Crippen LogP contribution is -2.48. The summed E-state index contributed by atoms with van der Waals surface area (Å²) in [5.41, 5.74) is 17.0. The number of hydrogen-bond donors (Lipinski definition) is 6. The molecule has 432 valence electrons. The molecule has 0 aliphatic carbocycles. The first-order chi connectivity index (χ1) is 37.5. The summed E-state index contributed by atoms with van der Waals surface area (Å²) in [7, 11) is 0.743. The number of ether oxygens (including phenoxy) is 2. The number of rotatable bonds is 38. The van der Waals surface area contributed by atoms with E-state index in [1.807, 2.05) is 89.3 Å². The van der Waals surface area contributed by atoms with Crippen molar-refractivity contribution in [1.29, 1.82) is 0 Å². The number of anilines is 4. The van der Waals surface area contributed by atoms with Crippen LogP contribution in [0, 0.1) is 13.8 Å². The van der Waals surface area contributed by atoms with Gasteiger partial charge in [0.1, 0.15) is 36.3 Å². The molecule has 0 aliphatic rings. The summed E-state index contributed by atoms with van der Waals surface area (Å²) in [6, 6.07) is 11.3. The summed E-state index contributed by atoms with van der Waals surface area (Å²) in [6.07, 6.45) is 16.7. The highest BCUT2D eigenvalue weighted by Crippen LogP contribution is 2.34. The number of nitrogens with two attached hydrogens (primary N) is 2. The van der Waals surface area contributed by atoms with Crippen LogP contribution in [0.1, 0.15) is 186 Å². The SMILES string of the molecule is CCCCC(CCSC)Nc1nc(N)nc(C)c1Cc1cc(C(=O)NC(CC)(CC)CCO[P+](=O)OCCC(CC)(CC)NC(=O)c2ccc(OC)c(Cc3c(C)nc(N)nc3NC(CCCC)CCSC)c2)ccc1OC. The smallest absolute Gasteiger partial charge is 0.496 e. The van der Waals surface area contributed by atoms with Crippen LogP contribution in [0.4, 0.5) is 23.5 Å². The van der Waals surface area contributed by atoms with Crippen molar-refractivity contribution in [3.8, 4) is 11.5 Å². The van der Waals surface area contributed by atoms with Crippen LogP contribution in [-0.2, 0) is 26.5 Å². The van der Waals surface area contributed by atoms with Gasteiger partial charge in [-0.1, -0.05) is 67.2 Å². The lowest BCUT2D eigenvalue weighted by atomic mass is 9.88. The number of nitrogens with zero attached hydrogens (tertiary/aromatic N) is 4. The standard InChI is InChI=1S/C58H91N10O7PS2/c1-13-19-21-45(27-33-77-11)63-51-47(39(7)61-55(59)65-51)37-43-35-41(23-25-49(43)72-9)53(69)67-57(15-3,16-4)29-31-74-76(71)75-32-30-58(17-5,18-6)68-54(70)42-24-26-50(73-10)44(36-42)38-48-40(8)62-56(60)66-52(48)64-46(22-20-14-2)28-34-78-12/h23-26,35-36,45-46H,13-22,27-34,37-38H2,1-12H3,(H7-,59,60,61,62,63,64,65,66,67,68,69,70)/p+1. The number of carbonyl (C=O) groups excluding carboxylic acids is 2. The first kappa shape index (κ1) is 65.6. The van der Waals surface area contributed by atoms with Gasteiger partial charge in [0.05, 0.1) is 14.2 Å². The lowest BCUT2D eigenvalue weighted by Gasteiger charge is -2.32. The number of thioether (sulfide) groups is 2. The van der Waals surface area contributed by atoms with Crippen molar-refractivity contribution >= 4 is 67.1 Å². The predicted octanol–water partition coefficient (Wildman–Crippen LogP) is 12.4. The second kappa shape index (κ2) is 33.6. The highest BCUT2D eigenvalue weighted by Gasteiger charge is 2.34. The van der Waals surface area contributed by atoms with Crippen molar-refractivity contribution in [3.63, 3.8) is 0 Å². The van der Waals surface area contributed by atoms with E-state index in [1.54, 1.807) is 26.4 Å². The zero-order chi connectivity index (χ0) is 57.3. The molecule has 2 aromatic carbocycles. The van der Waals surface area contributed by atoms with E-state index < -0.39 is 19.3 Å². The van der Waals surface area contributed by atoms with E-state index in [0.717, 1.165) is 96.5 Å². The van der Waals surface area contributed by atoms with Gasteiger partial charge in [-0.2, -0.15) is 33.5 Å². The normalized spacial score (nSPS) is 12.7. The molecule has 2 heterocycles. The molecule has 17 nitrogen and oxygen atoms in total. The van der Waals surface area contributed by atoms with Crippen molar-refractivity contribution in [2.24, 2.45) is 0 Å². The monoisotopic (exact) mass is 1140 g/mol. The van der Waals surface area contributed by atoms with E-state index in [1.165, 1.54) is 0 Å². The molecular weight excluding hydrogens is 1040 g/mol. The third kappa shape index (κ3) is 19.7. The van der Waals surface area contributed by atoms with Gasteiger partial charge in [-0.15, -0.1) is 9.05 Å². The van der Waals surface area contributed by atoms with E-state index in [-0.39, 0.29) is 49.0 Å². The molecule has 20 heteroatoms. The third-order valence-electron chi connectivity index (χ3n) is 15.1. The Morgan fingerprint density at radius 3 is 1.33 bits per heavy atom. The molecule has 4 rings (SSSR count). The fourth-order valence-corrected chi connectivity index (χ4v) is 11.4. The number of amides is 2. The zero-order valence-corrected chi connectivity index (χ0v) is 51.4. The van der Waals surface area contributed by atoms with E-state index in [0.29, 0.717) is 85.6 Å². The van der Waals surface area contributed by atoms with Crippen molar-refractivity contribution in [3.05, 3.63) is 81.2 Å². The van der Waals surface area contributed by atoms with E-state index in [4.69, 9.17) is 30.0 Å². The molecule has 0 radical (unpaired) electrons. The highest BCUT2D eigenvalue weighted by atomic mass is 32.2. The average Bonchev–Trinajstić information content (AvgIpc) is 3.43. The molecule has 2 aromatic heterocycles. The molecular formula is C58H92N10O7PS2+. The summed E-state index contributed by atoms with van der Waals surface area (Å²) >= 11 is 3.64. The summed E-state index contributed by atoms with van der Waals surface area (Å²) in [5.74, 6) is 4.66. The number of benzene rings is 2. The summed E-state index contributed by atoms with van der Waals surface area (Å²) < 4.78 is 36.4. The first-order valence-electron chi connectivity index (χ1n) is 28.0. The minimum atomic E-state index is -2.50. The number of carbonyl (C=O) groups is 2. The van der Waals surface area contributed by atoms with Crippen LogP contribution in [0.25, 0.3) is 0 Å². The summed E-state index contributed by atoms with van der Waals surface area (Å²) in [4.78, 5) is 46.6. The molecule has 2 atom stereocenters. The van der Waals surface area contributed by atoms with Crippen LogP contribution in [0.5, 0.6) is 11.5 Å². The van der Waals surface area contributed by atoms with Crippen LogP contribution in [0.2, 0.25) is 0 Å². The number of nitrogen functional groups attached to an aromatic ring is 2. The van der Waals surface area contributed by atoms with Gasteiger partial charge in [0, 0.05) is 74.2 Å². The maximum Gasteiger partial charge on any atom is 0.697 e. The van der Waals surface area contributed by atoms with E-state index >= 15 is 0 Å². The van der Waals surface area contributed by atoms with Gasteiger partial charge in [0.15, 0.2) is 0 Å². The van der Waals surface area contributed by atoms with Crippen LogP contribution in [0.3, 0.4) is 0 Å². The van der Waals surface area contributed by atoms with Crippen LogP contribution in [0.15, 0.2) is 36.4 Å². The molecule has 0 saturated carbocycles. The Balaban J connectivity index is 1.40.